The fourth-order valence-electron chi connectivity index (χ4n) is 1.96. The van der Waals surface area contributed by atoms with Crippen LogP contribution < -0.4 is 10.1 Å². The minimum Gasteiger partial charge on any atom is -0.493 e. The SMILES string of the molecule is CC(C)(C)OC=O.Clc1ccc(OCC2CCCNC2)cc1. The molecule has 1 aliphatic heterocycles. The van der Waals surface area contributed by atoms with Gasteiger partial charge in [-0.2, -0.15) is 0 Å². The molecule has 0 aromatic heterocycles. The Morgan fingerprint density at radius 2 is 2.00 bits per heavy atom. The molecule has 124 valence electrons. The minimum atomic E-state index is -0.318. The predicted octanol–water partition coefficient (Wildman–Crippen LogP) is 3.68. The van der Waals surface area contributed by atoms with Gasteiger partial charge in [0.05, 0.1) is 6.61 Å². The number of benzene rings is 1. The average molecular weight is 328 g/mol. The molecule has 5 heteroatoms. The lowest BCUT2D eigenvalue weighted by Crippen LogP contribution is -2.33. The molecule has 0 bridgehead atoms. The Labute approximate surface area is 138 Å². The Morgan fingerprint density at radius 3 is 2.45 bits per heavy atom. The van der Waals surface area contributed by atoms with E-state index in [0.717, 1.165) is 30.5 Å². The van der Waals surface area contributed by atoms with E-state index in [1.807, 2.05) is 45.0 Å². The molecule has 0 spiro atoms. The van der Waals surface area contributed by atoms with E-state index in [4.69, 9.17) is 16.3 Å². The lowest BCUT2D eigenvalue weighted by Gasteiger charge is -2.22. The molecule has 4 nitrogen and oxygen atoms in total. The van der Waals surface area contributed by atoms with E-state index >= 15 is 0 Å². The quantitative estimate of drug-likeness (QED) is 0.857. The molecule has 0 amide bonds. The van der Waals surface area contributed by atoms with Crippen molar-refractivity contribution < 1.29 is 14.3 Å². The van der Waals surface area contributed by atoms with Crippen LogP contribution in [0, 0.1) is 5.92 Å². The molecule has 0 saturated carbocycles. The molecule has 1 saturated heterocycles. The van der Waals surface area contributed by atoms with Crippen molar-refractivity contribution in [2.75, 3.05) is 19.7 Å². The van der Waals surface area contributed by atoms with E-state index in [1.165, 1.54) is 12.8 Å². The molecule has 1 fully saturated rings. The van der Waals surface area contributed by atoms with Gasteiger partial charge in [-0.1, -0.05) is 11.6 Å². The third kappa shape index (κ3) is 8.90. The highest BCUT2D eigenvalue weighted by Crippen LogP contribution is 2.17. The van der Waals surface area contributed by atoms with Crippen LogP contribution in [0.25, 0.3) is 0 Å². The van der Waals surface area contributed by atoms with Gasteiger partial charge in [0.1, 0.15) is 11.4 Å². The highest BCUT2D eigenvalue weighted by Gasteiger charge is 2.13. The zero-order valence-electron chi connectivity index (χ0n) is 13.6. The summed E-state index contributed by atoms with van der Waals surface area (Å²) in [6.45, 7) is 8.95. The van der Waals surface area contributed by atoms with Crippen LogP contribution in [0.3, 0.4) is 0 Å². The lowest BCUT2D eigenvalue weighted by molar-refractivity contribution is -0.138. The predicted molar refractivity (Wildman–Crippen MR) is 89.4 cm³/mol. The van der Waals surface area contributed by atoms with Gasteiger partial charge in [-0.05, 0) is 64.4 Å². The zero-order chi connectivity index (χ0) is 16.4. The monoisotopic (exact) mass is 327 g/mol. The second kappa shape index (κ2) is 9.70. The van der Waals surface area contributed by atoms with Crippen LogP contribution in [-0.2, 0) is 9.53 Å². The molecule has 22 heavy (non-hydrogen) atoms. The zero-order valence-corrected chi connectivity index (χ0v) is 14.4. The Bertz CT molecular complexity index is 423. The first kappa shape index (κ1) is 18.8. The van der Waals surface area contributed by atoms with Gasteiger partial charge in [-0.25, -0.2) is 0 Å². The van der Waals surface area contributed by atoms with Gasteiger partial charge in [-0.15, -0.1) is 0 Å². The molecule has 0 aliphatic carbocycles. The summed E-state index contributed by atoms with van der Waals surface area (Å²) in [5.74, 6) is 1.56. The number of carbonyl (C=O) groups excluding carboxylic acids is 1. The molecule has 1 heterocycles. The van der Waals surface area contributed by atoms with Gasteiger partial charge in [0.25, 0.3) is 6.47 Å². The van der Waals surface area contributed by atoms with Crippen LogP contribution >= 0.6 is 11.6 Å². The summed E-state index contributed by atoms with van der Waals surface area (Å²) in [6, 6.07) is 7.54. The number of ether oxygens (including phenoxy) is 2. The molecule has 1 unspecified atom stereocenters. The van der Waals surface area contributed by atoms with Crippen LogP contribution in [0.2, 0.25) is 5.02 Å². The van der Waals surface area contributed by atoms with Crippen LogP contribution in [0.5, 0.6) is 5.75 Å². The van der Waals surface area contributed by atoms with Crippen molar-refractivity contribution >= 4 is 18.1 Å². The summed E-state index contributed by atoms with van der Waals surface area (Å²) in [5, 5.41) is 4.13. The number of piperidine rings is 1. The van der Waals surface area contributed by atoms with E-state index in [0.29, 0.717) is 12.4 Å². The molecule has 1 N–H and O–H groups in total. The third-order valence-corrected chi connectivity index (χ3v) is 3.35. The summed E-state index contributed by atoms with van der Waals surface area (Å²) in [5.41, 5.74) is -0.318. The van der Waals surface area contributed by atoms with Crippen molar-refractivity contribution in [1.82, 2.24) is 5.32 Å². The highest BCUT2D eigenvalue weighted by molar-refractivity contribution is 6.30. The second-order valence-corrected chi connectivity index (χ2v) is 6.74. The van der Waals surface area contributed by atoms with E-state index < -0.39 is 0 Å². The Kier molecular flexibility index (Phi) is 8.28. The second-order valence-electron chi connectivity index (χ2n) is 6.30. The van der Waals surface area contributed by atoms with Crippen LogP contribution in [-0.4, -0.2) is 31.8 Å². The molecular formula is C17H26ClNO3. The minimum absolute atomic E-state index is 0.318. The van der Waals surface area contributed by atoms with Gasteiger partial charge in [0, 0.05) is 17.5 Å². The van der Waals surface area contributed by atoms with Crippen molar-refractivity contribution in [1.29, 1.82) is 0 Å². The van der Waals surface area contributed by atoms with Gasteiger partial charge < -0.3 is 14.8 Å². The maximum atomic E-state index is 9.60. The maximum Gasteiger partial charge on any atom is 0.293 e. The van der Waals surface area contributed by atoms with E-state index in [9.17, 15) is 4.79 Å². The summed E-state index contributed by atoms with van der Waals surface area (Å²) in [6.07, 6.45) is 2.52. The fourth-order valence-corrected chi connectivity index (χ4v) is 2.08. The van der Waals surface area contributed by atoms with Gasteiger partial charge in [0.2, 0.25) is 0 Å². The highest BCUT2D eigenvalue weighted by atomic mass is 35.5. The van der Waals surface area contributed by atoms with Gasteiger partial charge >= 0.3 is 0 Å². The van der Waals surface area contributed by atoms with Crippen LogP contribution in [0.15, 0.2) is 24.3 Å². The topological polar surface area (TPSA) is 47.6 Å². The van der Waals surface area contributed by atoms with Crippen LogP contribution in [0.1, 0.15) is 33.6 Å². The smallest absolute Gasteiger partial charge is 0.293 e. The van der Waals surface area contributed by atoms with E-state index in [2.05, 4.69) is 10.1 Å². The largest absolute Gasteiger partial charge is 0.493 e. The molecular weight excluding hydrogens is 302 g/mol. The number of rotatable bonds is 4. The fraction of sp³-hybridized carbons (Fsp3) is 0.588. The molecule has 2 rings (SSSR count). The summed E-state index contributed by atoms with van der Waals surface area (Å²) < 4.78 is 10.3. The number of carbonyl (C=O) groups is 1. The molecule has 1 aromatic rings. The number of halogens is 1. The number of hydrogen-bond donors (Lipinski definition) is 1. The number of nitrogens with one attached hydrogen (secondary N) is 1. The molecule has 0 radical (unpaired) electrons. The first-order valence-corrected chi connectivity index (χ1v) is 7.99. The van der Waals surface area contributed by atoms with Crippen molar-refractivity contribution in [3.8, 4) is 5.75 Å². The summed E-state index contributed by atoms with van der Waals surface area (Å²) in [4.78, 5) is 9.60. The summed E-state index contributed by atoms with van der Waals surface area (Å²) >= 11 is 5.79. The van der Waals surface area contributed by atoms with Crippen molar-refractivity contribution in [2.45, 2.75) is 39.2 Å². The lowest BCUT2D eigenvalue weighted by atomic mass is 10.0. The Balaban J connectivity index is 0.000000295. The van der Waals surface area contributed by atoms with E-state index in [1.54, 1.807) is 0 Å². The third-order valence-electron chi connectivity index (χ3n) is 3.10. The molecule has 1 atom stereocenters. The van der Waals surface area contributed by atoms with Gasteiger partial charge in [0.15, 0.2) is 0 Å². The normalized spacial score (nSPS) is 17.9. The Hall–Kier alpha value is -1.26. The van der Waals surface area contributed by atoms with Crippen molar-refractivity contribution in [3.05, 3.63) is 29.3 Å². The number of hydrogen-bond acceptors (Lipinski definition) is 4. The molecule has 1 aliphatic rings. The first-order valence-electron chi connectivity index (χ1n) is 7.61. The average Bonchev–Trinajstić information content (AvgIpc) is 2.47. The van der Waals surface area contributed by atoms with Crippen molar-refractivity contribution in [2.24, 2.45) is 5.92 Å². The van der Waals surface area contributed by atoms with Gasteiger partial charge in [-0.3, -0.25) is 4.79 Å². The first-order chi connectivity index (χ1) is 10.4. The summed E-state index contributed by atoms with van der Waals surface area (Å²) in [7, 11) is 0. The van der Waals surface area contributed by atoms with E-state index in [-0.39, 0.29) is 5.60 Å². The standard InChI is InChI=1S/C12H16ClNO.C5H10O2/c13-11-3-5-12(6-4-11)15-9-10-2-1-7-14-8-10;1-5(2,3)7-4-6/h3-6,10,14H,1-2,7-9H2;4H,1-3H3. The maximum absolute atomic E-state index is 9.60. The Morgan fingerprint density at radius 1 is 1.32 bits per heavy atom. The van der Waals surface area contributed by atoms with Crippen LogP contribution in [0.4, 0.5) is 0 Å². The van der Waals surface area contributed by atoms with Crippen molar-refractivity contribution in [3.63, 3.8) is 0 Å². The molecule has 1 aromatic carbocycles.